The molecule has 2 heterocycles. The van der Waals surface area contributed by atoms with E-state index in [0.29, 0.717) is 0 Å². The lowest BCUT2D eigenvalue weighted by atomic mass is 9.92. The summed E-state index contributed by atoms with van der Waals surface area (Å²) in [5.41, 5.74) is 2.89. The number of hydrogen-bond acceptors (Lipinski definition) is 3. The van der Waals surface area contributed by atoms with Gasteiger partial charge in [0.25, 0.3) is 9.04 Å². The molecular weight excluding hydrogens is 587 g/mol. The molecule has 0 amide bonds. The number of hydrogen-bond donors (Lipinski definition) is 0. The summed E-state index contributed by atoms with van der Waals surface area (Å²) in [7, 11) is -1.51. The molecule has 0 aliphatic carbocycles. The van der Waals surface area contributed by atoms with Crippen molar-refractivity contribution in [2.75, 3.05) is 0 Å². The minimum atomic E-state index is -1.51. The Hall–Kier alpha value is -2.94. The fourth-order valence-corrected chi connectivity index (χ4v) is 6.68. The Balaban J connectivity index is 1.44. The van der Waals surface area contributed by atoms with Crippen molar-refractivity contribution < 1.29 is 9.16 Å². The Morgan fingerprint density at radius 2 is 1.51 bits per heavy atom. The van der Waals surface area contributed by atoms with Crippen molar-refractivity contribution in [3.05, 3.63) is 113 Å². The van der Waals surface area contributed by atoms with Crippen LogP contribution in [0.25, 0.3) is 16.9 Å². The molecule has 0 aliphatic heterocycles. The van der Waals surface area contributed by atoms with Crippen LogP contribution in [0.1, 0.15) is 27.2 Å². The van der Waals surface area contributed by atoms with Gasteiger partial charge in [-0.2, -0.15) is 0 Å². The van der Waals surface area contributed by atoms with Gasteiger partial charge in [-0.3, -0.25) is 0 Å². The lowest BCUT2D eigenvalue weighted by molar-refractivity contribution is -0.0227. The number of halogens is 1. The first-order chi connectivity index (χ1) is 17.8. The van der Waals surface area contributed by atoms with Crippen LogP contribution in [0, 0.1) is 8.99 Å². The van der Waals surface area contributed by atoms with E-state index in [1.807, 2.05) is 30.3 Å². The second kappa shape index (κ2) is 11.2. The Labute approximate surface area is 234 Å². The first-order valence-electron chi connectivity index (χ1n) is 12.4. The van der Waals surface area contributed by atoms with E-state index in [4.69, 9.17) is 14.1 Å². The molecule has 0 spiro atoms. The van der Waals surface area contributed by atoms with Crippen LogP contribution in [0.15, 0.2) is 109 Å². The van der Waals surface area contributed by atoms with E-state index in [1.165, 1.54) is 13.9 Å². The Kier molecular flexibility index (Phi) is 7.78. The van der Waals surface area contributed by atoms with Crippen LogP contribution in [0.4, 0.5) is 0 Å². The molecule has 6 heteroatoms. The molecule has 0 bridgehead atoms. The van der Waals surface area contributed by atoms with E-state index >= 15 is 0 Å². The van der Waals surface area contributed by atoms with Gasteiger partial charge in [-0.05, 0) is 62.6 Å². The number of nitrogens with zero attached hydrogens (tertiary/aromatic N) is 2. The number of rotatable bonds is 8. The smallest absolute Gasteiger partial charge is 0.287 e. The zero-order valence-electron chi connectivity index (χ0n) is 21.3. The minimum absolute atomic E-state index is 0.0291. The largest absolute Gasteiger partial charge is 0.466 e. The van der Waals surface area contributed by atoms with Crippen molar-refractivity contribution in [1.29, 1.82) is 0 Å². The predicted molar refractivity (Wildman–Crippen MR) is 161 cm³/mol. The summed E-state index contributed by atoms with van der Waals surface area (Å²) in [6.07, 6.45) is 4.51. The predicted octanol–water partition coefficient (Wildman–Crippen LogP) is 6.57. The fraction of sp³-hybridized carbons (Fsp3) is 0.194. The highest BCUT2D eigenvalue weighted by Crippen LogP contribution is 2.28. The third kappa shape index (κ3) is 6.69. The molecule has 1 atom stereocenters. The number of aromatic nitrogens is 2. The molecule has 1 radical (unpaired) electrons. The maximum atomic E-state index is 6.87. The molecule has 0 fully saturated rings. The second-order valence-electron chi connectivity index (χ2n) is 10.3. The van der Waals surface area contributed by atoms with Crippen LogP contribution in [0.3, 0.4) is 0 Å². The third-order valence-corrected chi connectivity index (χ3v) is 8.76. The molecule has 0 N–H and O–H groups in total. The van der Waals surface area contributed by atoms with Gasteiger partial charge in [-0.25, -0.2) is 4.98 Å². The summed E-state index contributed by atoms with van der Waals surface area (Å²) in [6, 6.07) is 33.3. The van der Waals surface area contributed by atoms with Gasteiger partial charge in [0.1, 0.15) is 11.4 Å². The van der Waals surface area contributed by atoms with E-state index in [9.17, 15) is 0 Å². The average molecular weight is 618 g/mol. The minimum Gasteiger partial charge on any atom is -0.466 e. The molecule has 0 saturated heterocycles. The molecule has 5 rings (SSSR count). The van der Waals surface area contributed by atoms with E-state index in [-0.39, 0.29) is 5.41 Å². The van der Waals surface area contributed by atoms with Gasteiger partial charge in [0.2, 0.25) is 0 Å². The molecule has 2 aromatic heterocycles. The molecule has 5 aromatic rings. The van der Waals surface area contributed by atoms with Gasteiger partial charge in [-0.15, -0.1) is 0 Å². The van der Waals surface area contributed by atoms with Crippen LogP contribution < -0.4 is 15.1 Å². The van der Waals surface area contributed by atoms with Crippen LogP contribution in [0.5, 0.6) is 5.75 Å². The van der Waals surface area contributed by atoms with Crippen molar-refractivity contribution in [3.8, 4) is 17.0 Å². The molecule has 37 heavy (non-hydrogen) atoms. The SMILES string of the molecule is CC(C)(C)CC(Oc1cccc(-c2cn3cc(I)ccc3n2)c1)O[Si](c1ccccc1)c1ccccc1. The zero-order chi connectivity index (χ0) is 25.8. The maximum Gasteiger partial charge on any atom is 0.287 e. The Bertz CT molecular complexity index is 1430. The monoisotopic (exact) mass is 617 g/mol. The van der Waals surface area contributed by atoms with E-state index in [2.05, 4.69) is 127 Å². The first kappa shape index (κ1) is 25.7. The normalized spacial score (nSPS) is 12.7. The lowest BCUT2D eigenvalue weighted by Crippen LogP contribution is -2.49. The van der Waals surface area contributed by atoms with Crippen LogP contribution >= 0.6 is 22.6 Å². The molecule has 3 aromatic carbocycles. The molecule has 0 saturated carbocycles. The van der Waals surface area contributed by atoms with Gasteiger partial charge in [-0.1, -0.05) is 93.6 Å². The van der Waals surface area contributed by atoms with Gasteiger partial charge < -0.3 is 13.6 Å². The number of pyridine rings is 1. The molecule has 187 valence electrons. The first-order valence-corrected chi connectivity index (χ1v) is 14.9. The van der Waals surface area contributed by atoms with Gasteiger partial charge in [0, 0.05) is 27.9 Å². The molecule has 0 aliphatic rings. The zero-order valence-corrected chi connectivity index (χ0v) is 24.4. The summed E-state index contributed by atoms with van der Waals surface area (Å²) in [4.78, 5) is 4.81. The van der Waals surface area contributed by atoms with Crippen molar-refractivity contribution in [1.82, 2.24) is 9.38 Å². The topological polar surface area (TPSA) is 35.8 Å². The number of benzene rings is 3. The van der Waals surface area contributed by atoms with Crippen LogP contribution in [0.2, 0.25) is 0 Å². The summed E-state index contributed by atoms with van der Waals surface area (Å²) in [5.74, 6) is 0.779. The summed E-state index contributed by atoms with van der Waals surface area (Å²) in [5, 5.41) is 2.41. The van der Waals surface area contributed by atoms with Crippen molar-refractivity contribution in [2.45, 2.75) is 33.5 Å². The Morgan fingerprint density at radius 1 is 0.838 bits per heavy atom. The Morgan fingerprint density at radius 3 is 2.16 bits per heavy atom. The van der Waals surface area contributed by atoms with Crippen LogP contribution in [-0.2, 0) is 4.43 Å². The van der Waals surface area contributed by atoms with Gasteiger partial charge in [0.15, 0.2) is 6.29 Å². The van der Waals surface area contributed by atoms with E-state index in [0.717, 1.165) is 29.1 Å². The number of fused-ring (bicyclic) bond motifs is 1. The highest BCUT2D eigenvalue weighted by molar-refractivity contribution is 14.1. The maximum absolute atomic E-state index is 6.87. The summed E-state index contributed by atoms with van der Waals surface area (Å²) < 4.78 is 16.7. The molecular formula is C31H30IN2O2Si. The lowest BCUT2D eigenvalue weighted by Gasteiger charge is -2.30. The van der Waals surface area contributed by atoms with Crippen molar-refractivity contribution >= 4 is 47.7 Å². The second-order valence-corrected chi connectivity index (χ2v) is 13.6. The van der Waals surface area contributed by atoms with Gasteiger partial charge in [0.05, 0.1) is 5.69 Å². The summed E-state index contributed by atoms with van der Waals surface area (Å²) in [6.45, 7) is 6.66. The fourth-order valence-electron chi connectivity index (χ4n) is 4.20. The van der Waals surface area contributed by atoms with Crippen LogP contribution in [-0.4, -0.2) is 24.7 Å². The highest BCUT2D eigenvalue weighted by atomic mass is 127. The number of ether oxygens (including phenoxy) is 1. The third-order valence-electron chi connectivity index (χ3n) is 5.91. The van der Waals surface area contributed by atoms with E-state index in [1.54, 1.807) is 0 Å². The highest BCUT2D eigenvalue weighted by Gasteiger charge is 2.28. The van der Waals surface area contributed by atoms with E-state index < -0.39 is 15.3 Å². The molecule has 1 unspecified atom stereocenters. The van der Waals surface area contributed by atoms with Gasteiger partial charge >= 0.3 is 0 Å². The summed E-state index contributed by atoms with van der Waals surface area (Å²) >= 11 is 2.32. The quantitative estimate of drug-likeness (QED) is 0.112. The van der Waals surface area contributed by atoms with Crippen molar-refractivity contribution in [3.63, 3.8) is 0 Å². The average Bonchev–Trinajstić information content (AvgIpc) is 3.31. The molecule has 4 nitrogen and oxygen atoms in total. The van der Waals surface area contributed by atoms with Crippen molar-refractivity contribution in [2.24, 2.45) is 5.41 Å². The number of imidazole rings is 1. The standard InChI is InChI=1S/C31H30IN2O2Si/c1-31(2,3)20-30(36-37(26-13-6-4-7-14-26)27-15-8-5-9-16-27)35-25-12-10-11-23(19-25)28-22-34-21-24(32)17-18-29(34)33-28/h4-19,21-22,30H,20H2,1-3H3.